The van der Waals surface area contributed by atoms with E-state index in [1.165, 1.54) is 24.3 Å². The van der Waals surface area contributed by atoms with E-state index >= 15 is 0 Å². The summed E-state index contributed by atoms with van der Waals surface area (Å²) in [4.78, 5) is 11.6. The van der Waals surface area contributed by atoms with Crippen molar-refractivity contribution in [1.82, 2.24) is 9.88 Å². The first kappa shape index (κ1) is 17.5. The Morgan fingerprint density at radius 2 is 2.04 bits per heavy atom. The quantitative estimate of drug-likeness (QED) is 0.760. The Morgan fingerprint density at radius 1 is 1.35 bits per heavy atom. The number of benzene rings is 1. The van der Waals surface area contributed by atoms with Gasteiger partial charge in [0.2, 0.25) is 10.0 Å². The van der Waals surface area contributed by atoms with Crippen LogP contribution in [0.15, 0.2) is 39.8 Å². The maximum absolute atomic E-state index is 12.0. The van der Waals surface area contributed by atoms with E-state index in [2.05, 4.69) is 9.88 Å². The predicted molar refractivity (Wildman–Crippen MR) is 82.3 cm³/mol. The van der Waals surface area contributed by atoms with Crippen molar-refractivity contribution in [3.8, 4) is 0 Å². The van der Waals surface area contributed by atoms with Crippen molar-refractivity contribution < 1.29 is 22.5 Å². The number of ether oxygens (including phenoxy) is 1. The van der Waals surface area contributed by atoms with Crippen LogP contribution in [-0.4, -0.2) is 26.1 Å². The van der Waals surface area contributed by atoms with E-state index < -0.39 is 16.0 Å². The SMILES string of the molecule is Cc1cc(COC(=O)CCNS(=O)(=O)c2ccc(Cl)cc2)no1. The van der Waals surface area contributed by atoms with Crippen molar-refractivity contribution in [2.45, 2.75) is 24.8 Å². The minimum atomic E-state index is -3.68. The van der Waals surface area contributed by atoms with E-state index in [0.717, 1.165) is 0 Å². The van der Waals surface area contributed by atoms with E-state index in [0.29, 0.717) is 16.5 Å². The third-order valence-corrected chi connectivity index (χ3v) is 4.53. The summed E-state index contributed by atoms with van der Waals surface area (Å²) in [5, 5.41) is 4.12. The van der Waals surface area contributed by atoms with Crippen molar-refractivity contribution >= 4 is 27.6 Å². The zero-order valence-electron chi connectivity index (χ0n) is 12.3. The summed E-state index contributed by atoms with van der Waals surface area (Å²) in [6.07, 6.45) is -0.0936. The van der Waals surface area contributed by atoms with Gasteiger partial charge in [-0.3, -0.25) is 4.79 Å². The highest BCUT2D eigenvalue weighted by Crippen LogP contribution is 2.13. The van der Waals surface area contributed by atoms with E-state index in [1.807, 2.05) is 0 Å². The number of nitrogens with zero attached hydrogens (tertiary/aromatic N) is 1. The van der Waals surface area contributed by atoms with Crippen LogP contribution in [-0.2, 0) is 26.2 Å². The number of halogens is 1. The molecule has 0 bridgehead atoms. The maximum atomic E-state index is 12.0. The fourth-order valence-electron chi connectivity index (χ4n) is 1.70. The summed E-state index contributed by atoms with van der Waals surface area (Å²) in [7, 11) is -3.68. The predicted octanol–water partition coefficient (Wildman–Crippen LogP) is 2.05. The molecule has 1 heterocycles. The van der Waals surface area contributed by atoms with Crippen LogP contribution in [0.3, 0.4) is 0 Å². The minimum Gasteiger partial charge on any atom is -0.459 e. The zero-order chi connectivity index (χ0) is 16.9. The number of sulfonamides is 1. The minimum absolute atomic E-state index is 0.0138. The summed E-state index contributed by atoms with van der Waals surface area (Å²) in [6.45, 7) is 1.64. The molecule has 9 heteroatoms. The Morgan fingerprint density at radius 3 is 2.65 bits per heavy atom. The van der Waals surface area contributed by atoms with Gasteiger partial charge in [-0.25, -0.2) is 13.1 Å². The first-order chi connectivity index (χ1) is 10.9. The Kier molecular flexibility index (Phi) is 5.75. The van der Waals surface area contributed by atoms with Crippen LogP contribution >= 0.6 is 11.6 Å². The van der Waals surface area contributed by atoms with Crippen molar-refractivity contribution in [3.63, 3.8) is 0 Å². The Hall–Kier alpha value is -1.90. The van der Waals surface area contributed by atoms with Crippen LogP contribution in [0.25, 0.3) is 0 Å². The van der Waals surface area contributed by atoms with Crippen LogP contribution in [0.2, 0.25) is 5.02 Å². The number of rotatable bonds is 7. The average Bonchev–Trinajstić information content (AvgIpc) is 2.91. The first-order valence-electron chi connectivity index (χ1n) is 6.70. The summed E-state index contributed by atoms with van der Waals surface area (Å²) in [5.74, 6) is 0.0798. The molecule has 0 fully saturated rings. The fraction of sp³-hybridized carbons (Fsp3) is 0.286. The standard InChI is InChI=1S/C14H15ClN2O5S/c1-10-8-12(17-22-10)9-21-14(18)6-7-16-23(19,20)13-4-2-11(15)3-5-13/h2-5,8,16H,6-7,9H2,1H3. The van der Waals surface area contributed by atoms with Crippen molar-refractivity contribution in [3.05, 3.63) is 46.8 Å². The highest BCUT2D eigenvalue weighted by molar-refractivity contribution is 7.89. The molecule has 1 aromatic carbocycles. The molecular weight excluding hydrogens is 344 g/mol. The lowest BCUT2D eigenvalue weighted by Crippen LogP contribution is -2.26. The van der Waals surface area contributed by atoms with Gasteiger partial charge in [-0.05, 0) is 31.2 Å². The molecule has 7 nitrogen and oxygen atoms in total. The van der Waals surface area contributed by atoms with Gasteiger partial charge in [0.1, 0.15) is 18.1 Å². The topological polar surface area (TPSA) is 98.5 Å². The lowest BCUT2D eigenvalue weighted by molar-refractivity contribution is -0.144. The lowest BCUT2D eigenvalue weighted by Gasteiger charge is -2.06. The second-order valence-corrected chi connectivity index (χ2v) is 6.89. The third kappa shape index (κ3) is 5.34. The van der Waals surface area contributed by atoms with Gasteiger partial charge in [-0.1, -0.05) is 16.8 Å². The molecule has 0 unspecified atom stereocenters. The first-order valence-corrected chi connectivity index (χ1v) is 8.56. The van der Waals surface area contributed by atoms with Gasteiger partial charge in [0.25, 0.3) is 0 Å². The smallest absolute Gasteiger partial charge is 0.307 e. The number of hydrogen-bond donors (Lipinski definition) is 1. The Labute approximate surface area is 138 Å². The maximum Gasteiger partial charge on any atom is 0.307 e. The number of nitrogens with one attached hydrogen (secondary N) is 1. The molecule has 23 heavy (non-hydrogen) atoms. The second-order valence-electron chi connectivity index (χ2n) is 4.69. The van der Waals surface area contributed by atoms with Crippen LogP contribution in [0.1, 0.15) is 17.9 Å². The molecule has 0 spiro atoms. The molecule has 2 aromatic rings. The van der Waals surface area contributed by atoms with Crippen LogP contribution in [0.4, 0.5) is 0 Å². The van der Waals surface area contributed by atoms with Crippen LogP contribution < -0.4 is 4.72 Å². The molecule has 1 N–H and O–H groups in total. The molecule has 124 valence electrons. The van der Waals surface area contributed by atoms with Crippen molar-refractivity contribution in [1.29, 1.82) is 0 Å². The van der Waals surface area contributed by atoms with Gasteiger partial charge in [0, 0.05) is 17.6 Å². The molecule has 0 saturated heterocycles. The molecule has 0 aliphatic carbocycles. The normalized spacial score (nSPS) is 11.4. The number of carbonyl (C=O) groups is 1. The van der Waals surface area contributed by atoms with Gasteiger partial charge in [0.15, 0.2) is 0 Å². The number of hydrogen-bond acceptors (Lipinski definition) is 6. The summed E-state index contributed by atoms with van der Waals surface area (Å²) < 4.78 is 36.1. The van der Waals surface area contributed by atoms with Gasteiger partial charge in [0.05, 0.1) is 11.3 Å². The molecule has 2 rings (SSSR count). The summed E-state index contributed by atoms with van der Waals surface area (Å²) >= 11 is 5.71. The average molecular weight is 359 g/mol. The molecule has 0 saturated carbocycles. The lowest BCUT2D eigenvalue weighted by atomic mass is 10.4. The third-order valence-electron chi connectivity index (χ3n) is 2.80. The van der Waals surface area contributed by atoms with Gasteiger partial charge < -0.3 is 9.26 Å². The molecule has 0 amide bonds. The monoisotopic (exact) mass is 358 g/mol. The second kappa shape index (κ2) is 7.58. The number of aromatic nitrogens is 1. The summed E-state index contributed by atoms with van der Waals surface area (Å²) in [5.41, 5.74) is 0.498. The van der Waals surface area contributed by atoms with Crippen LogP contribution in [0, 0.1) is 6.92 Å². The van der Waals surface area contributed by atoms with Crippen LogP contribution in [0.5, 0.6) is 0 Å². The van der Waals surface area contributed by atoms with Crippen molar-refractivity contribution in [2.24, 2.45) is 0 Å². The van der Waals surface area contributed by atoms with E-state index in [-0.39, 0.29) is 24.5 Å². The molecule has 0 radical (unpaired) electrons. The van der Waals surface area contributed by atoms with E-state index in [4.69, 9.17) is 20.9 Å². The molecular formula is C14H15ClN2O5S. The van der Waals surface area contributed by atoms with Gasteiger partial charge in [-0.15, -0.1) is 0 Å². The van der Waals surface area contributed by atoms with E-state index in [1.54, 1.807) is 13.0 Å². The molecule has 0 aliphatic rings. The van der Waals surface area contributed by atoms with Gasteiger partial charge in [-0.2, -0.15) is 0 Å². The molecule has 1 aromatic heterocycles. The largest absolute Gasteiger partial charge is 0.459 e. The number of aryl methyl sites for hydroxylation is 1. The molecule has 0 aliphatic heterocycles. The number of esters is 1. The highest BCUT2D eigenvalue weighted by atomic mass is 35.5. The Balaban J connectivity index is 1.77. The highest BCUT2D eigenvalue weighted by Gasteiger charge is 2.14. The zero-order valence-corrected chi connectivity index (χ0v) is 13.9. The fourth-order valence-corrected chi connectivity index (χ4v) is 2.85. The van der Waals surface area contributed by atoms with Gasteiger partial charge >= 0.3 is 5.97 Å². The molecule has 0 atom stereocenters. The number of carbonyl (C=O) groups excluding carboxylic acids is 1. The Bertz CT molecular complexity index is 771. The van der Waals surface area contributed by atoms with Crippen molar-refractivity contribution in [2.75, 3.05) is 6.54 Å². The summed E-state index contributed by atoms with van der Waals surface area (Å²) in [6, 6.07) is 7.37. The van der Waals surface area contributed by atoms with E-state index in [9.17, 15) is 13.2 Å².